The first-order valence-electron chi connectivity index (χ1n) is 16.0. The van der Waals surface area contributed by atoms with Crippen molar-refractivity contribution in [3.8, 4) is 33.6 Å². The zero-order valence-corrected chi connectivity index (χ0v) is 29.3. The van der Waals surface area contributed by atoms with Gasteiger partial charge in [-0.3, -0.25) is 9.69 Å². The normalized spacial score (nSPS) is 12.0. The van der Waals surface area contributed by atoms with Crippen LogP contribution in [0.4, 0.5) is 0 Å². The van der Waals surface area contributed by atoms with Crippen LogP contribution < -0.4 is 5.32 Å². The van der Waals surface area contributed by atoms with Crippen molar-refractivity contribution in [2.45, 2.75) is 52.4 Å². The maximum absolute atomic E-state index is 13.6. The van der Waals surface area contributed by atoms with Crippen LogP contribution in [0.15, 0.2) is 108 Å². The smallest absolute Gasteiger partial charge is 0.326 e. The van der Waals surface area contributed by atoms with E-state index in [0.29, 0.717) is 35.8 Å². The second-order valence-corrected chi connectivity index (χ2v) is 13.6. The zero-order valence-electron chi connectivity index (χ0n) is 27.7. The van der Waals surface area contributed by atoms with E-state index >= 15 is 0 Å². The van der Waals surface area contributed by atoms with Gasteiger partial charge in [0.05, 0.1) is 6.54 Å². The number of carboxylic acid groups (broad SMARTS) is 1. The molecule has 0 aliphatic heterocycles. The Morgan fingerprint density at radius 1 is 0.854 bits per heavy atom. The van der Waals surface area contributed by atoms with Crippen LogP contribution in [0.2, 0.25) is 5.02 Å². The van der Waals surface area contributed by atoms with Crippen LogP contribution in [0, 0.1) is 6.92 Å². The highest BCUT2D eigenvalue weighted by molar-refractivity contribution is 7.98. The number of nitrogens with one attached hydrogen (secondary N) is 1. The van der Waals surface area contributed by atoms with Crippen LogP contribution in [0.25, 0.3) is 33.6 Å². The third-order valence-corrected chi connectivity index (χ3v) is 9.32. The van der Waals surface area contributed by atoms with Crippen molar-refractivity contribution in [1.29, 1.82) is 0 Å². The molecule has 1 atom stereocenters. The summed E-state index contributed by atoms with van der Waals surface area (Å²) in [5.74, 6) is 0.841. The number of amides is 1. The Morgan fingerprint density at radius 2 is 1.56 bits per heavy atom. The van der Waals surface area contributed by atoms with Crippen molar-refractivity contribution in [2.75, 3.05) is 12.0 Å². The number of halogens is 1. The van der Waals surface area contributed by atoms with Gasteiger partial charge in [-0.25, -0.2) is 4.79 Å². The fraction of sp³-hybridized carbons (Fsp3) is 0.250. The lowest BCUT2D eigenvalue weighted by atomic mass is 9.93. The first-order valence-corrected chi connectivity index (χ1v) is 17.8. The summed E-state index contributed by atoms with van der Waals surface area (Å²) in [5, 5.41) is 13.2. The van der Waals surface area contributed by atoms with Crippen LogP contribution >= 0.6 is 23.4 Å². The molecule has 0 spiro atoms. The first-order chi connectivity index (χ1) is 23.1. The number of carboxylic acids is 1. The molecule has 8 heteroatoms. The van der Waals surface area contributed by atoms with E-state index < -0.39 is 17.9 Å². The van der Waals surface area contributed by atoms with Crippen molar-refractivity contribution >= 4 is 35.2 Å². The molecule has 0 radical (unpaired) electrons. The molecule has 5 aromatic rings. The molecule has 248 valence electrons. The lowest BCUT2D eigenvalue weighted by Crippen LogP contribution is -2.41. The molecule has 0 aliphatic carbocycles. The zero-order chi connectivity index (χ0) is 34.2. The van der Waals surface area contributed by atoms with Crippen molar-refractivity contribution in [2.24, 2.45) is 0 Å². The van der Waals surface area contributed by atoms with E-state index in [1.807, 2.05) is 92.0 Å². The minimum atomic E-state index is -1.04. The number of carbonyl (C=O) groups excluding carboxylic acids is 1. The number of nitrogens with zero attached hydrogens (tertiary/aromatic N) is 1. The average molecular weight is 681 g/mol. The standard InChI is InChI=1S/C40H41ClN2O4S/c1-26(2)43(25-32-23-35(29-11-6-5-7-12-29)38(47-32)30-15-17-31(41)18-16-30)24-28-14-19-34(36(22-28)33-13-9-8-10-27(33)3)39(44)42-37(40(45)46)20-21-48-4/h5-19,22-23,26,37H,20-21,24-25H2,1-4H3,(H,42,44)(H,45,46). The van der Waals surface area contributed by atoms with Gasteiger partial charge in [0, 0.05) is 34.3 Å². The van der Waals surface area contributed by atoms with E-state index in [0.717, 1.165) is 50.5 Å². The Balaban J connectivity index is 1.47. The van der Waals surface area contributed by atoms with Gasteiger partial charge in [-0.2, -0.15) is 11.8 Å². The Bertz CT molecular complexity index is 1850. The first kappa shape index (κ1) is 35.0. The predicted molar refractivity (Wildman–Crippen MR) is 197 cm³/mol. The minimum Gasteiger partial charge on any atom is -0.480 e. The molecule has 5 rings (SSSR count). The number of thioether (sulfide) groups is 1. The summed E-state index contributed by atoms with van der Waals surface area (Å²) in [4.78, 5) is 27.8. The van der Waals surface area contributed by atoms with Crippen molar-refractivity contribution in [3.63, 3.8) is 0 Å². The number of aliphatic carboxylic acids is 1. The molecule has 1 heterocycles. The van der Waals surface area contributed by atoms with E-state index in [1.165, 1.54) is 0 Å². The van der Waals surface area contributed by atoms with E-state index in [4.69, 9.17) is 16.0 Å². The predicted octanol–water partition coefficient (Wildman–Crippen LogP) is 9.59. The summed E-state index contributed by atoms with van der Waals surface area (Å²) >= 11 is 7.75. The molecule has 1 aromatic heterocycles. The molecule has 0 fully saturated rings. The third-order valence-electron chi connectivity index (χ3n) is 8.43. The van der Waals surface area contributed by atoms with Gasteiger partial charge in [-0.15, -0.1) is 0 Å². The number of furan rings is 1. The molecule has 0 saturated carbocycles. The maximum Gasteiger partial charge on any atom is 0.326 e. The fourth-order valence-corrected chi connectivity index (χ4v) is 6.34. The van der Waals surface area contributed by atoms with Gasteiger partial charge >= 0.3 is 5.97 Å². The average Bonchev–Trinajstić information content (AvgIpc) is 3.50. The molecule has 48 heavy (non-hydrogen) atoms. The number of aryl methyl sites for hydroxylation is 1. The van der Waals surface area contributed by atoms with E-state index in [-0.39, 0.29) is 6.04 Å². The Labute approximate surface area is 292 Å². The van der Waals surface area contributed by atoms with Crippen LogP contribution in [0.1, 0.15) is 47.5 Å². The van der Waals surface area contributed by atoms with Crippen molar-refractivity contribution in [3.05, 3.63) is 131 Å². The second-order valence-electron chi connectivity index (χ2n) is 12.2. The molecule has 1 unspecified atom stereocenters. The summed E-state index contributed by atoms with van der Waals surface area (Å²) < 4.78 is 6.57. The number of hydrogen-bond acceptors (Lipinski definition) is 5. The SMILES string of the molecule is CSCCC(NC(=O)c1ccc(CN(Cc2cc(-c3ccccc3)c(-c3ccc(Cl)cc3)o2)C(C)C)cc1-c1ccccc1C)C(=O)O. The quantitative estimate of drug-likeness (QED) is 0.122. The van der Waals surface area contributed by atoms with E-state index in [9.17, 15) is 14.7 Å². The van der Waals surface area contributed by atoms with E-state index in [1.54, 1.807) is 11.8 Å². The summed E-state index contributed by atoms with van der Waals surface area (Å²) in [6.45, 7) is 7.52. The van der Waals surface area contributed by atoms with Crippen LogP contribution in [0.3, 0.4) is 0 Å². The van der Waals surface area contributed by atoms with Gasteiger partial charge in [0.2, 0.25) is 0 Å². The monoisotopic (exact) mass is 680 g/mol. The number of rotatable bonds is 14. The molecule has 6 nitrogen and oxygen atoms in total. The minimum absolute atomic E-state index is 0.187. The molecule has 0 bridgehead atoms. The third kappa shape index (κ3) is 8.58. The highest BCUT2D eigenvalue weighted by Gasteiger charge is 2.24. The van der Waals surface area contributed by atoms with Gasteiger partial charge < -0.3 is 14.8 Å². The van der Waals surface area contributed by atoms with Gasteiger partial charge in [0.1, 0.15) is 17.6 Å². The highest BCUT2D eigenvalue weighted by Crippen LogP contribution is 2.37. The van der Waals surface area contributed by atoms with Crippen LogP contribution in [0.5, 0.6) is 0 Å². The van der Waals surface area contributed by atoms with Gasteiger partial charge in [-0.1, -0.05) is 72.3 Å². The van der Waals surface area contributed by atoms with Gasteiger partial charge in [0.25, 0.3) is 5.91 Å². The Kier molecular flexibility index (Phi) is 11.8. The topological polar surface area (TPSA) is 82.8 Å². The molecular weight excluding hydrogens is 640 g/mol. The highest BCUT2D eigenvalue weighted by atomic mass is 35.5. The number of benzene rings is 4. The molecule has 4 aromatic carbocycles. The Morgan fingerprint density at radius 3 is 2.23 bits per heavy atom. The number of carbonyl (C=O) groups is 2. The molecule has 0 aliphatic rings. The van der Waals surface area contributed by atoms with Crippen molar-refractivity contribution < 1.29 is 19.1 Å². The summed E-state index contributed by atoms with van der Waals surface area (Å²) in [7, 11) is 0. The van der Waals surface area contributed by atoms with E-state index in [2.05, 4.69) is 48.3 Å². The molecule has 0 saturated heterocycles. The van der Waals surface area contributed by atoms with Crippen LogP contribution in [-0.4, -0.2) is 46.0 Å². The number of hydrogen-bond donors (Lipinski definition) is 2. The molecule has 1 amide bonds. The Hall–Kier alpha value is -4.30. The lowest BCUT2D eigenvalue weighted by molar-refractivity contribution is -0.139. The maximum atomic E-state index is 13.6. The molecular formula is C40H41ClN2O4S. The summed E-state index contributed by atoms with van der Waals surface area (Å²) in [6.07, 6.45) is 2.27. The van der Waals surface area contributed by atoms with Gasteiger partial charge in [0.15, 0.2) is 0 Å². The van der Waals surface area contributed by atoms with Gasteiger partial charge in [-0.05, 0) is 109 Å². The van der Waals surface area contributed by atoms with Crippen LogP contribution in [-0.2, 0) is 17.9 Å². The lowest BCUT2D eigenvalue weighted by Gasteiger charge is -2.26. The largest absolute Gasteiger partial charge is 0.480 e. The summed E-state index contributed by atoms with van der Waals surface area (Å²) in [6, 6.07) is 33.0. The summed E-state index contributed by atoms with van der Waals surface area (Å²) in [5.41, 5.74) is 7.26. The fourth-order valence-electron chi connectivity index (χ4n) is 5.74. The molecule has 2 N–H and O–H groups in total. The second kappa shape index (κ2) is 16.2. The van der Waals surface area contributed by atoms with Crippen molar-refractivity contribution in [1.82, 2.24) is 10.2 Å².